The van der Waals surface area contributed by atoms with Gasteiger partial charge in [-0.05, 0) is 31.6 Å². The summed E-state index contributed by atoms with van der Waals surface area (Å²) in [6, 6.07) is 0. The highest BCUT2D eigenvalue weighted by Crippen LogP contribution is 2.23. The fourth-order valence-electron chi connectivity index (χ4n) is 2.98. The molecule has 0 aromatic carbocycles. The maximum atomic E-state index is 11.6. The van der Waals surface area contributed by atoms with Crippen LogP contribution in [-0.2, 0) is 4.79 Å². The van der Waals surface area contributed by atoms with Crippen LogP contribution in [0.5, 0.6) is 0 Å². The third-order valence-electron chi connectivity index (χ3n) is 4.54. The molecule has 1 saturated heterocycles. The van der Waals surface area contributed by atoms with E-state index in [-0.39, 0.29) is 29.4 Å². The number of carbonyl (C=O) groups is 1. The molecule has 0 aromatic heterocycles. The minimum absolute atomic E-state index is 0. The van der Waals surface area contributed by atoms with Crippen LogP contribution in [0, 0.1) is 5.41 Å². The van der Waals surface area contributed by atoms with E-state index in [2.05, 4.69) is 38.3 Å². The lowest BCUT2D eigenvalue weighted by Gasteiger charge is -2.23. The van der Waals surface area contributed by atoms with Crippen molar-refractivity contribution >= 4 is 35.8 Å². The van der Waals surface area contributed by atoms with Gasteiger partial charge in [-0.25, -0.2) is 0 Å². The van der Waals surface area contributed by atoms with Gasteiger partial charge >= 0.3 is 0 Å². The fraction of sp³-hybridized carbons (Fsp3) is 0.895. The molecule has 0 saturated carbocycles. The molecule has 1 fully saturated rings. The number of amides is 1. The lowest BCUT2D eigenvalue weighted by atomic mass is 9.87. The lowest BCUT2D eigenvalue weighted by Crippen LogP contribution is -2.39. The normalized spacial score (nSPS) is 15.3. The van der Waals surface area contributed by atoms with Crippen LogP contribution in [0.4, 0.5) is 0 Å². The number of nitrogens with one attached hydrogen (secondary N) is 2. The van der Waals surface area contributed by atoms with Gasteiger partial charge in [0.2, 0.25) is 5.91 Å². The molecule has 1 amide bonds. The average molecular weight is 466 g/mol. The zero-order valence-electron chi connectivity index (χ0n) is 16.7. The molecule has 1 rings (SSSR count). The summed E-state index contributed by atoms with van der Waals surface area (Å²) < 4.78 is 0. The number of hydrogen-bond acceptors (Lipinski definition) is 2. The molecule has 148 valence electrons. The smallest absolute Gasteiger partial charge is 0.222 e. The summed E-state index contributed by atoms with van der Waals surface area (Å²) in [5.41, 5.74) is 0.249. The minimum atomic E-state index is 0. The topological polar surface area (TPSA) is 56.7 Å². The number of aliphatic imine (C=N–C) groups is 1. The number of rotatable bonds is 11. The number of halogens is 1. The van der Waals surface area contributed by atoms with Crippen molar-refractivity contribution in [2.45, 2.75) is 72.6 Å². The van der Waals surface area contributed by atoms with Crippen LogP contribution in [0.3, 0.4) is 0 Å². The molecule has 1 heterocycles. The van der Waals surface area contributed by atoms with E-state index >= 15 is 0 Å². The second-order valence-corrected chi connectivity index (χ2v) is 7.58. The Hall–Kier alpha value is -0.530. The highest BCUT2D eigenvalue weighted by Gasteiger charge is 2.19. The van der Waals surface area contributed by atoms with Gasteiger partial charge in [-0.3, -0.25) is 9.79 Å². The molecule has 0 unspecified atom stereocenters. The predicted octanol–water partition coefficient (Wildman–Crippen LogP) is 3.78. The van der Waals surface area contributed by atoms with E-state index in [0.29, 0.717) is 5.91 Å². The molecule has 5 nitrogen and oxygen atoms in total. The Morgan fingerprint density at radius 3 is 2.56 bits per heavy atom. The van der Waals surface area contributed by atoms with Crippen molar-refractivity contribution in [1.29, 1.82) is 0 Å². The average Bonchev–Trinajstić information content (AvgIpc) is 2.94. The van der Waals surface area contributed by atoms with Crippen molar-refractivity contribution in [3.63, 3.8) is 0 Å². The largest absolute Gasteiger partial charge is 0.357 e. The Labute approximate surface area is 171 Å². The van der Waals surface area contributed by atoms with Crippen LogP contribution >= 0.6 is 24.0 Å². The summed E-state index contributed by atoms with van der Waals surface area (Å²) in [5.74, 6) is 1.21. The van der Waals surface area contributed by atoms with Crippen LogP contribution in [-0.4, -0.2) is 49.5 Å². The molecule has 0 atom stereocenters. The second kappa shape index (κ2) is 13.6. The predicted molar refractivity (Wildman–Crippen MR) is 118 cm³/mol. The minimum Gasteiger partial charge on any atom is -0.357 e. The van der Waals surface area contributed by atoms with Gasteiger partial charge < -0.3 is 15.5 Å². The molecule has 2 N–H and O–H groups in total. The zero-order valence-corrected chi connectivity index (χ0v) is 19.0. The number of nitrogens with zero attached hydrogens (tertiary/aromatic N) is 2. The molecule has 1 aliphatic heterocycles. The fourth-order valence-corrected chi connectivity index (χ4v) is 2.98. The number of hydrogen-bond donors (Lipinski definition) is 2. The van der Waals surface area contributed by atoms with Crippen molar-refractivity contribution < 1.29 is 4.79 Å². The molecule has 0 aliphatic carbocycles. The van der Waals surface area contributed by atoms with Crippen molar-refractivity contribution in [1.82, 2.24) is 15.5 Å². The van der Waals surface area contributed by atoms with Crippen LogP contribution in [0.15, 0.2) is 4.99 Å². The summed E-state index contributed by atoms with van der Waals surface area (Å²) in [6.45, 7) is 13.3. The van der Waals surface area contributed by atoms with Crippen molar-refractivity contribution in [3.05, 3.63) is 0 Å². The van der Waals surface area contributed by atoms with E-state index in [1.54, 1.807) is 0 Å². The van der Waals surface area contributed by atoms with Gasteiger partial charge in [-0.1, -0.05) is 40.0 Å². The highest BCUT2D eigenvalue weighted by molar-refractivity contribution is 14.0. The SMILES string of the molecule is CCCCCC(C)(C)CN=C(NCC)NCCCN1CCCC1=O.I. The first kappa shape index (κ1) is 24.5. The highest BCUT2D eigenvalue weighted by atomic mass is 127. The third-order valence-corrected chi connectivity index (χ3v) is 4.54. The molecule has 0 bridgehead atoms. The molecular formula is C19H39IN4O. The van der Waals surface area contributed by atoms with E-state index in [1.165, 1.54) is 25.7 Å². The molecule has 0 radical (unpaired) electrons. The van der Waals surface area contributed by atoms with Gasteiger partial charge in [0.1, 0.15) is 0 Å². The Morgan fingerprint density at radius 1 is 1.20 bits per heavy atom. The van der Waals surface area contributed by atoms with Gasteiger partial charge in [0, 0.05) is 39.1 Å². The summed E-state index contributed by atoms with van der Waals surface area (Å²) in [4.78, 5) is 18.3. The monoisotopic (exact) mass is 466 g/mol. The third kappa shape index (κ3) is 10.9. The molecular weight excluding hydrogens is 427 g/mol. The first-order valence-corrected chi connectivity index (χ1v) is 9.78. The summed E-state index contributed by atoms with van der Waals surface area (Å²) in [7, 11) is 0. The van der Waals surface area contributed by atoms with Crippen LogP contribution < -0.4 is 10.6 Å². The van der Waals surface area contributed by atoms with Crippen molar-refractivity contribution in [2.24, 2.45) is 10.4 Å². The maximum Gasteiger partial charge on any atom is 0.222 e. The summed E-state index contributed by atoms with van der Waals surface area (Å²) in [6.07, 6.45) is 7.79. The van der Waals surface area contributed by atoms with E-state index in [1.807, 2.05) is 4.90 Å². The molecule has 0 aromatic rings. The number of carbonyl (C=O) groups excluding carboxylic acids is 1. The standard InChI is InChI=1S/C19H38N4O.HI/c1-5-7-8-12-19(3,4)16-22-18(20-6-2)21-13-10-15-23-14-9-11-17(23)24;/h5-16H2,1-4H3,(H2,20,21,22);1H. The summed E-state index contributed by atoms with van der Waals surface area (Å²) in [5, 5.41) is 6.72. The van der Waals surface area contributed by atoms with E-state index in [0.717, 1.165) is 57.9 Å². The zero-order chi connectivity index (χ0) is 17.8. The van der Waals surface area contributed by atoms with Crippen molar-refractivity contribution in [3.8, 4) is 0 Å². The summed E-state index contributed by atoms with van der Waals surface area (Å²) >= 11 is 0. The van der Waals surface area contributed by atoms with Gasteiger partial charge in [0.05, 0.1) is 0 Å². The first-order valence-electron chi connectivity index (χ1n) is 9.78. The molecule has 0 spiro atoms. The lowest BCUT2D eigenvalue weighted by molar-refractivity contribution is -0.127. The van der Waals surface area contributed by atoms with Crippen LogP contribution in [0.25, 0.3) is 0 Å². The maximum absolute atomic E-state index is 11.6. The number of guanidine groups is 1. The Bertz CT molecular complexity index is 399. The molecule has 25 heavy (non-hydrogen) atoms. The first-order chi connectivity index (χ1) is 11.5. The van der Waals surface area contributed by atoms with Gasteiger partial charge in [0.15, 0.2) is 5.96 Å². The molecule has 6 heteroatoms. The quantitative estimate of drug-likeness (QED) is 0.211. The van der Waals surface area contributed by atoms with Crippen molar-refractivity contribution in [2.75, 3.05) is 32.7 Å². The van der Waals surface area contributed by atoms with Crippen LogP contribution in [0.2, 0.25) is 0 Å². The molecule has 1 aliphatic rings. The van der Waals surface area contributed by atoms with Gasteiger partial charge in [0.25, 0.3) is 0 Å². The van der Waals surface area contributed by atoms with Crippen LogP contribution in [0.1, 0.15) is 72.6 Å². The number of unbranched alkanes of at least 4 members (excludes halogenated alkanes) is 2. The Kier molecular flexibility index (Phi) is 13.4. The number of likely N-dealkylation sites (tertiary alicyclic amines) is 1. The second-order valence-electron chi connectivity index (χ2n) is 7.58. The van der Waals surface area contributed by atoms with E-state index in [4.69, 9.17) is 4.99 Å². The van der Waals surface area contributed by atoms with E-state index in [9.17, 15) is 4.79 Å². The van der Waals surface area contributed by atoms with Gasteiger partial charge in [-0.15, -0.1) is 24.0 Å². The Balaban J connectivity index is 0.00000576. The van der Waals surface area contributed by atoms with Gasteiger partial charge in [-0.2, -0.15) is 0 Å². The Morgan fingerprint density at radius 2 is 1.96 bits per heavy atom. The van der Waals surface area contributed by atoms with E-state index < -0.39 is 0 Å².